The minimum Gasteiger partial charge on any atom is -0.448 e. The van der Waals surface area contributed by atoms with Gasteiger partial charge in [0.15, 0.2) is 0 Å². The van der Waals surface area contributed by atoms with E-state index in [1.807, 2.05) is 4.90 Å². The SMILES string of the molecule is CN1CCC(N2CCN(C(=O)OCC3c4ccccc4-c4ccccc43)CC2)CC1. The summed E-state index contributed by atoms with van der Waals surface area (Å²) >= 11 is 0. The summed E-state index contributed by atoms with van der Waals surface area (Å²) in [5.41, 5.74) is 5.05. The fourth-order valence-corrected chi connectivity index (χ4v) is 5.32. The summed E-state index contributed by atoms with van der Waals surface area (Å²) in [4.78, 5) is 19.6. The minimum absolute atomic E-state index is 0.127. The van der Waals surface area contributed by atoms with Crippen molar-refractivity contribution in [3.8, 4) is 11.1 Å². The van der Waals surface area contributed by atoms with E-state index in [2.05, 4.69) is 65.4 Å². The summed E-state index contributed by atoms with van der Waals surface area (Å²) in [6.07, 6.45) is 2.31. The van der Waals surface area contributed by atoms with Gasteiger partial charge in [0.1, 0.15) is 6.61 Å². The lowest BCUT2D eigenvalue weighted by Crippen LogP contribution is -2.54. The predicted molar refractivity (Wildman–Crippen MR) is 119 cm³/mol. The quantitative estimate of drug-likeness (QED) is 0.781. The van der Waals surface area contributed by atoms with Gasteiger partial charge in [0.05, 0.1) is 0 Å². The minimum atomic E-state index is -0.167. The molecule has 5 rings (SSSR count). The van der Waals surface area contributed by atoms with Crippen molar-refractivity contribution >= 4 is 6.09 Å². The van der Waals surface area contributed by atoms with Crippen LogP contribution in [0.1, 0.15) is 29.9 Å². The molecule has 2 aliphatic heterocycles. The van der Waals surface area contributed by atoms with E-state index < -0.39 is 0 Å². The Morgan fingerprint density at radius 3 is 2.03 bits per heavy atom. The Morgan fingerprint density at radius 2 is 1.43 bits per heavy atom. The molecule has 0 atom stereocenters. The Morgan fingerprint density at radius 1 is 0.867 bits per heavy atom. The second kappa shape index (κ2) is 8.40. The number of piperidine rings is 1. The number of rotatable bonds is 3. The number of amides is 1. The summed E-state index contributed by atoms with van der Waals surface area (Å²) in [6, 6.07) is 17.6. The molecule has 3 aliphatic rings. The summed E-state index contributed by atoms with van der Waals surface area (Å²) in [5.74, 6) is 0.127. The van der Waals surface area contributed by atoms with E-state index in [-0.39, 0.29) is 12.0 Å². The summed E-state index contributed by atoms with van der Waals surface area (Å²) in [5, 5.41) is 0. The third-order valence-corrected chi connectivity index (χ3v) is 7.11. The Kier molecular flexibility index (Phi) is 5.48. The van der Waals surface area contributed by atoms with Crippen molar-refractivity contribution in [1.29, 1.82) is 0 Å². The predicted octanol–water partition coefficient (Wildman–Crippen LogP) is 3.65. The van der Waals surface area contributed by atoms with Crippen LogP contribution in [0.15, 0.2) is 48.5 Å². The van der Waals surface area contributed by atoms with E-state index in [9.17, 15) is 4.79 Å². The van der Waals surface area contributed by atoms with Gasteiger partial charge in [-0.25, -0.2) is 4.79 Å². The zero-order valence-corrected chi connectivity index (χ0v) is 17.8. The second-order valence-corrected chi connectivity index (χ2v) is 8.86. The van der Waals surface area contributed by atoms with Crippen LogP contribution in [-0.4, -0.2) is 79.8 Å². The number of fused-ring (bicyclic) bond motifs is 3. The number of likely N-dealkylation sites (tertiary alicyclic amines) is 1. The summed E-state index contributed by atoms with van der Waals surface area (Å²) in [6.45, 7) is 6.21. The van der Waals surface area contributed by atoms with E-state index in [1.165, 1.54) is 48.2 Å². The number of piperazine rings is 1. The van der Waals surface area contributed by atoms with Crippen LogP contribution in [0.5, 0.6) is 0 Å². The number of carbonyl (C=O) groups excluding carboxylic acids is 1. The molecule has 0 bridgehead atoms. The highest BCUT2D eigenvalue weighted by molar-refractivity contribution is 5.79. The average Bonchev–Trinajstić information content (AvgIpc) is 3.12. The first-order valence-electron chi connectivity index (χ1n) is 11.2. The lowest BCUT2D eigenvalue weighted by molar-refractivity contribution is 0.0480. The lowest BCUT2D eigenvalue weighted by atomic mass is 9.98. The maximum atomic E-state index is 12.8. The average molecular weight is 406 g/mol. The molecule has 30 heavy (non-hydrogen) atoms. The molecule has 5 heteroatoms. The third-order valence-electron chi connectivity index (χ3n) is 7.11. The first kappa shape index (κ1) is 19.6. The van der Waals surface area contributed by atoms with Crippen molar-refractivity contribution < 1.29 is 9.53 Å². The standard InChI is InChI=1S/C25H31N3O2/c1-26-12-10-19(11-13-26)27-14-16-28(17-15-27)25(29)30-18-24-22-8-4-2-6-20(22)21-7-3-5-9-23(21)24/h2-9,19,24H,10-18H2,1H3. The molecule has 1 aliphatic carbocycles. The molecule has 2 saturated heterocycles. The van der Waals surface area contributed by atoms with Crippen molar-refractivity contribution in [2.24, 2.45) is 0 Å². The molecule has 2 fully saturated rings. The zero-order chi connectivity index (χ0) is 20.5. The number of benzene rings is 2. The molecule has 2 heterocycles. The smallest absolute Gasteiger partial charge is 0.409 e. The molecule has 158 valence electrons. The topological polar surface area (TPSA) is 36.0 Å². The molecule has 0 saturated carbocycles. The van der Waals surface area contributed by atoms with E-state index in [0.29, 0.717) is 12.6 Å². The van der Waals surface area contributed by atoms with Crippen molar-refractivity contribution in [2.45, 2.75) is 24.8 Å². The molecule has 2 aromatic rings. The molecule has 5 nitrogen and oxygen atoms in total. The number of carbonyl (C=O) groups is 1. The van der Waals surface area contributed by atoms with E-state index >= 15 is 0 Å². The molecule has 0 spiro atoms. The normalized spacial score (nSPS) is 20.8. The first-order valence-corrected chi connectivity index (χ1v) is 11.2. The Hall–Kier alpha value is -2.37. The van der Waals surface area contributed by atoms with Crippen LogP contribution < -0.4 is 0 Å². The van der Waals surface area contributed by atoms with E-state index in [1.54, 1.807) is 0 Å². The van der Waals surface area contributed by atoms with Crippen LogP contribution in [0, 0.1) is 0 Å². The van der Waals surface area contributed by atoms with Crippen LogP contribution in [0.25, 0.3) is 11.1 Å². The molecular weight excluding hydrogens is 374 g/mol. The first-order chi connectivity index (χ1) is 14.7. The van der Waals surface area contributed by atoms with Crippen molar-refractivity contribution in [2.75, 3.05) is 52.9 Å². The second-order valence-electron chi connectivity index (χ2n) is 8.86. The van der Waals surface area contributed by atoms with Gasteiger partial charge in [0.2, 0.25) is 0 Å². The summed E-state index contributed by atoms with van der Waals surface area (Å²) < 4.78 is 5.84. The third kappa shape index (κ3) is 3.72. The van der Waals surface area contributed by atoms with Crippen molar-refractivity contribution in [3.05, 3.63) is 59.7 Å². The van der Waals surface area contributed by atoms with Gasteiger partial charge in [0.25, 0.3) is 0 Å². The van der Waals surface area contributed by atoms with Gasteiger partial charge in [0, 0.05) is 38.1 Å². The van der Waals surface area contributed by atoms with Crippen LogP contribution in [-0.2, 0) is 4.74 Å². The van der Waals surface area contributed by atoms with Crippen LogP contribution in [0.4, 0.5) is 4.79 Å². The molecule has 1 amide bonds. The Labute approximate surface area is 179 Å². The van der Waals surface area contributed by atoms with Crippen LogP contribution >= 0.6 is 0 Å². The molecule has 0 radical (unpaired) electrons. The number of nitrogens with zero attached hydrogens (tertiary/aromatic N) is 3. The highest BCUT2D eigenvalue weighted by Gasteiger charge is 2.31. The highest BCUT2D eigenvalue weighted by atomic mass is 16.6. The van der Waals surface area contributed by atoms with Crippen molar-refractivity contribution in [1.82, 2.24) is 14.7 Å². The van der Waals surface area contributed by atoms with Gasteiger partial charge in [-0.2, -0.15) is 0 Å². The van der Waals surface area contributed by atoms with Crippen LogP contribution in [0.3, 0.4) is 0 Å². The fraction of sp³-hybridized carbons (Fsp3) is 0.480. The van der Waals surface area contributed by atoms with Gasteiger partial charge >= 0.3 is 6.09 Å². The van der Waals surface area contributed by atoms with E-state index in [4.69, 9.17) is 4.74 Å². The van der Waals surface area contributed by atoms with Crippen molar-refractivity contribution in [3.63, 3.8) is 0 Å². The maximum Gasteiger partial charge on any atom is 0.409 e. The number of ether oxygens (including phenoxy) is 1. The van der Waals surface area contributed by atoms with Crippen LogP contribution in [0.2, 0.25) is 0 Å². The molecule has 0 N–H and O–H groups in total. The van der Waals surface area contributed by atoms with Gasteiger partial charge < -0.3 is 14.5 Å². The fourth-order valence-electron chi connectivity index (χ4n) is 5.32. The maximum absolute atomic E-state index is 12.8. The van der Waals surface area contributed by atoms with Gasteiger partial charge in [-0.05, 0) is 55.2 Å². The number of hydrogen-bond acceptors (Lipinski definition) is 4. The molecule has 0 aromatic heterocycles. The van der Waals surface area contributed by atoms with Gasteiger partial charge in [-0.1, -0.05) is 48.5 Å². The molecule has 0 unspecified atom stereocenters. The van der Waals surface area contributed by atoms with Gasteiger partial charge in [-0.3, -0.25) is 4.90 Å². The number of hydrogen-bond donors (Lipinski definition) is 0. The summed E-state index contributed by atoms with van der Waals surface area (Å²) in [7, 11) is 2.20. The molecular formula is C25H31N3O2. The lowest BCUT2D eigenvalue weighted by Gasteiger charge is -2.41. The Balaban J connectivity index is 1.18. The monoisotopic (exact) mass is 405 g/mol. The van der Waals surface area contributed by atoms with Gasteiger partial charge in [-0.15, -0.1) is 0 Å². The molecule has 2 aromatic carbocycles. The largest absolute Gasteiger partial charge is 0.448 e. The Bertz CT molecular complexity index is 853. The highest BCUT2D eigenvalue weighted by Crippen LogP contribution is 2.44. The zero-order valence-electron chi connectivity index (χ0n) is 17.8. The van der Waals surface area contributed by atoms with E-state index in [0.717, 1.165) is 26.2 Å².